The summed E-state index contributed by atoms with van der Waals surface area (Å²) in [7, 11) is 0. The number of pyridine rings is 1. The fourth-order valence-electron chi connectivity index (χ4n) is 4.45. The lowest BCUT2D eigenvalue weighted by Crippen LogP contribution is -2.21. The number of aliphatic hydroxyl groups excluding tert-OH is 1. The summed E-state index contributed by atoms with van der Waals surface area (Å²) in [6.45, 7) is 2.28. The number of aliphatic hydroxyl groups is 1. The minimum absolute atomic E-state index is 0.174. The number of β-amino-alcohol motifs (C(OH)–C–C–N with tert-alkyl or cyclic N) is 1. The molecule has 0 aliphatic carbocycles. The van der Waals surface area contributed by atoms with E-state index in [2.05, 4.69) is 30.3 Å². The minimum Gasteiger partial charge on any atom is -0.392 e. The molecule has 2 aromatic carbocycles. The number of likely N-dealkylation sites (tertiary alicyclic amines) is 1. The molecule has 1 aliphatic heterocycles. The zero-order valence-electron chi connectivity index (χ0n) is 19.2. The van der Waals surface area contributed by atoms with Crippen molar-refractivity contribution < 1.29 is 14.0 Å². The maximum Gasteiger partial charge on any atom is 0.281 e. The first-order valence-corrected chi connectivity index (χ1v) is 11.6. The minimum atomic E-state index is -0.433. The molecule has 1 aliphatic rings. The highest BCUT2D eigenvalue weighted by atomic mass is 19.1. The summed E-state index contributed by atoms with van der Waals surface area (Å²) < 4.78 is 21.7. The lowest BCUT2D eigenvalue weighted by atomic mass is 10.1. The molecule has 9 nitrogen and oxygen atoms in total. The van der Waals surface area contributed by atoms with E-state index >= 15 is 0 Å². The van der Waals surface area contributed by atoms with Crippen molar-refractivity contribution in [2.75, 3.05) is 13.1 Å². The predicted octanol–water partition coefficient (Wildman–Crippen LogP) is 3.75. The van der Waals surface area contributed by atoms with Crippen molar-refractivity contribution >= 4 is 0 Å². The standard InChI is InChI=1S/C26H22FN7O2/c27-21-6-1-2-7-22(21)34-24(18-8-11-28-12-9-18)23(30-32-34)26-29-25(31-36-26)19-5-3-4-17(14-19)15-33-13-10-20(35)16-33/h1-9,11-12,14,20,35H,10,13,15-16H2. The zero-order chi connectivity index (χ0) is 24.5. The number of hydrogen-bond acceptors (Lipinski definition) is 8. The van der Waals surface area contributed by atoms with Gasteiger partial charge in [-0.05, 0) is 42.3 Å². The van der Waals surface area contributed by atoms with E-state index in [1.807, 2.05) is 24.3 Å². The van der Waals surface area contributed by atoms with E-state index in [1.54, 1.807) is 42.7 Å². The summed E-state index contributed by atoms with van der Waals surface area (Å²) in [5.74, 6) is 0.153. The van der Waals surface area contributed by atoms with Gasteiger partial charge in [-0.25, -0.2) is 9.07 Å². The Morgan fingerprint density at radius 1 is 1.03 bits per heavy atom. The van der Waals surface area contributed by atoms with Gasteiger partial charge in [0.1, 0.15) is 17.2 Å². The summed E-state index contributed by atoms with van der Waals surface area (Å²) in [4.78, 5) is 10.9. The second-order valence-corrected chi connectivity index (χ2v) is 8.69. The second kappa shape index (κ2) is 9.40. The second-order valence-electron chi connectivity index (χ2n) is 8.69. The Labute approximate surface area is 205 Å². The Morgan fingerprint density at radius 3 is 2.69 bits per heavy atom. The number of nitrogens with zero attached hydrogens (tertiary/aromatic N) is 7. The third kappa shape index (κ3) is 4.28. The third-order valence-corrected chi connectivity index (χ3v) is 6.17. The highest BCUT2D eigenvalue weighted by Crippen LogP contribution is 2.32. The Hall–Kier alpha value is -4.28. The normalized spacial score (nSPS) is 16.0. The number of aromatic nitrogens is 6. The molecule has 6 rings (SSSR count). The van der Waals surface area contributed by atoms with Crippen LogP contribution in [0, 0.1) is 5.82 Å². The highest BCUT2D eigenvalue weighted by molar-refractivity contribution is 5.76. The Bertz CT molecular complexity index is 1500. The molecule has 1 fully saturated rings. The lowest BCUT2D eigenvalue weighted by molar-refractivity contribution is 0.175. The van der Waals surface area contributed by atoms with Gasteiger partial charge < -0.3 is 9.63 Å². The van der Waals surface area contributed by atoms with Crippen molar-refractivity contribution in [2.45, 2.75) is 19.1 Å². The molecule has 1 N–H and O–H groups in total. The van der Waals surface area contributed by atoms with Crippen LogP contribution in [0.4, 0.5) is 4.39 Å². The summed E-state index contributed by atoms with van der Waals surface area (Å²) in [5, 5.41) is 22.5. The molecule has 0 radical (unpaired) electrons. The van der Waals surface area contributed by atoms with Gasteiger partial charge in [0.25, 0.3) is 5.89 Å². The van der Waals surface area contributed by atoms with Gasteiger partial charge in [0.15, 0.2) is 5.69 Å². The average Bonchev–Trinajstić information content (AvgIpc) is 3.65. The molecule has 0 saturated carbocycles. The van der Waals surface area contributed by atoms with Crippen molar-refractivity contribution in [2.24, 2.45) is 0 Å². The zero-order valence-corrected chi connectivity index (χ0v) is 19.2. The molecular weight excluding hydrogens is 461 g/mol. The first-order chi connectivity index (χ1) is 17.7. The molecule has 0 amide bonds. The molecule has 5 aromatic rings. The molecule has 0 bridgehead atoms. The molecule has 4 heterocycles. The molecule has 1 atom stereocenters. The van der Waals surface area contributed by atoms with Crippen LogP contribution < -0.4 is 0 Å². The molecule has 0 spiro atoms. The van der Waals surface area contributed by atoms with E-state index < -0.39 is 5.82 Å². The summed E-state index contributed by atoms with van der Waals surface area (Å²) in [6.07, 6.45) is 3.81. The Kier molecular flexibility index (Phi) is 5.80. The number of benzene rings is 2. The topological polar surface area (TPSA) is 106 Å². The van der Waals surface area contributed by atoms with E-state index in [4.69, 9.17) is 4.52 Å². The number of para-hydroxylation sites is 1. The quantitative estimate of drug-likeness (QED) is 0.389. The van der Waals surface area contributed by atoms with Crippen LogP contribution in [0.2, 0.25) is 0 Å². The van der Waals surface area contributed by atoms with Gasteiger partial charge in [0.2, 0.25) is 5.82 Å². The maximum absolute atomic E-state index is 14.6. The summed E-state index contributed by atoms with van der Waals surface area (Å²) in [5.41, 5.74) is 3.72. The van der Waals surface area contributed by atoms with E-state index in [-0.39, 0.29) is 17.7 Å². The smallest absolute Gasteiger partial charge is 0.281 e. The van der Waals surface area contributed by atoms with Gasteiger partial charge in [0, 0.05) is 43.2 Å². The monoisotopic (exact) mass is 483 g/mol. The molecule has 1 unspecified atom stereocenters. The van der Waals surface area contributed by atoms with Gasteiger partial charge in [-0.1, -0.05) is 40.7 Å². The molecule has 3 aromatic heterocycles. The van der Waals surface area contributed by atoms with Gasteiger partial charge >= 0.3 is 0 Å². The Morgan fingerprint density at radius 2 is 1.89 bits per heavy atom. The van der Waals surface area contributed by atoms with E-state index in [1.165, 1.54) is 10.7 Å². The van der Waals surface area contributed by atoms with Crippen LogP contribution in [0.5, 0.6) is 0 Å². The fraction of sp³-hybridized carbons (Fsp3) is 0.192. The van der Waals surface area contributed by atoms with E-state index in [9.17, 15) is 9.50 Å². The van der Waals surface area contributed by atoms with E-state index in [0.29, 0.717) is 23.8 Å². The maximum atomic E-state index is 14.6. The SMILES string of the molecule is OC1CCN(Cc2cccc(-c3noc(-c4nnn(-c5ccccc5F)c4-c4ccncc4)n3)c2)C1. The van der Waals surface area contributed by atoms with E-state index in [0.717, 1.165) is 36.2 Å². The van der Waals surface area contributed by atoms with Gasteiger partial charge in [-0.15, -0.1) is 5.10 Å². The van der Waals surface area contributed by atoms with Crippen LogP contribution in [0.25, 0.3) is 39.9 Å². The van der Waals surface area contributed by atoms with Crippen molar-refractivity contribution in [3.63, 3.8) is 0 Å². The lowest BCUT2D eigenvalue weighted by Gasteiger charge is -2.15. The van der Waals surface area contributed by atoms with Crippen molar-refractivity contribution in [1.29, 1.82) is 0 Å². The van der Waals surface area contributed by atoms with Crippen LogP contribution in [0.15, 0.2) is 77.6 Å². The molecule has 180 valence electrons. The number of halogens is 1. The van der Waals surface area contributed by atoms with Crippen molar-refractivity contribution in [3.05, 3.63) is 84.4 Å². The van der Waals surface area contributed by atoms with Gasteiger partial charge in [-0.3, -0.25) is 9.88 Å². The van der Waals surface area contributed by atoms with Crippen LogP contribution in [-0.4, -0.2) is 59.3 Å². The average molecular weight is 484 g/mol. The third-order valence-electron chi connectivity index (χ3n) is 6.17. The first kappa shape index (κ1) is 22.2. The molecule has 10 heteroatoms. The fourth-order valence-corrected chi connectivity index (χ4v) is 4.45. The van der Waals surface area contributed by atoms with Crippen LogP contribution in [-0.2, 0) is 6.54 Å². The largest absolute Gasteiger partial charge is 0.392 e. The Balaban J connectivity index is 1.37. The summed E-state index contributed by atoms with van der Waals surface area (Å²) in [6, 6.07) is 17.8. The molecule has 36 heavy (non-hydrogen) atoms. The van der Waals surface area contributed by atoms with Crippen LogP contribution >= 0.6 is 0 Å². The predicted molar refractivity (Wildman–Crippen MR) is 129 cm³/mol. The van der Waals surface area contributed by atoms with Crippen molar-refractivity contribution in [1.82, 2.24) is 35.0 Å². The molecular formula is C26H22FN7O2. The van der Waals surface area contributed by atoms with Gasteiger partial charge in [0.05, 0.1) is 6.10 Å². The summed E-state index contributed by atoms with van der Waals surface area (Å²) >= 11 is 0. The highest BCUT2D eigenvalue weighted by Gasteiger charge is 2.25. The van der Waals surface area contributed by atoms with Crippen LogP contribution in [0.1, 0.15) is 12.0 Å². The number of rotatable bonds is 6. The number of hydrogen-bond donors (Lipinski definition) is 1. The molecule has 1 saturated heterocycles. The van der Waals surface area contributed by atoms with Crippen molar-refractivity contribution in [3.8, 4) is 39.9 Å². The first-order valence-electron chi connectivity index (χ1n) is 11.6. The van der Waals surface area contributed by atoms with Gasteiger partial charge in [-0.2, -0.15) is 4.98 Å². The van der Waals surface area contributed by atoms with Crippen LogP contribution in [0.3, 0.4) is 0 Å².